The summed E-state index contributed by atoms with van der Waals surface area (Å²) in [6.07, 6.45) is 0.999. The maximum absolute atomic E-state index is 14.0. The van der Waals surface area contributed by atoms with Crippen LogP contribution in [0.3, 0.4) is 0 Å². The van der Waals surface area contributed by atoms with E-state index in [0.717, 1.165) is 13.0 Å². The van der Waals surface area contributed by atoms with E-state index >= 15 is 0 Å². The molecule has 0 spiro atoms. The summed E-state index contributed by atoms with van der Waals surface area (Å²) in [5.41, 5.74) is 0.273. The van der Waals surface area contributed by atoms with E-state index in [2.05, 4.69) is 27.8 Å². The number of tetrazole rings is 1. The molecule has 1 aromatic carbocycles. The van der Waals surface area contributed by atoms with Crippen LogP contribution in [0.25, 0.3) is 5.69 Å². The zero-order valence-electron chi connectivity index (χ0n) is 11.8. The molecule has 0 aliphatic rings. The first-order valence-electron chi connectivity index (χ1n) is 6.53. The minimum absolute atomic E-state index is 0.0736. The van der Waals surface area contributed by atoms with Crippen molar-refractivity contribution < 1.29 is 9.13 Å². The third kappa shape index (κ3) is 2.93. The van der Waals surface area contributed by atoms with Crippen LogP contribution in [0.5, 0.6) is 5.75 Å². The summed E-state index contributed by atoms with van der Waals surface area (Å²) in [6, 6.07) is 4.39. The van der Waals surface area contributed by atoms with Crippen molar-refractivity contribution in [3.8, 4) is 11.4 Å². The third-order valence-corrected chi connectivity index (χ3v) is 2.96. The van der Waals surface area contributed by atoms with Crippen LogP contribution in [0.4, 0.5) is 4.39 Å². The number of rotatable bonds is 6. The minimum atomic E-state index is -0.401. The fourth-order valence-electron chi connectivity index (χ4n) is 1.87. The number of ether oxygens (including phenoxy) is 1. The summed E-state index contributed by atoms with van der Waals surface area (Å²) in [4.78, 5) is 0. The van der Waals surface area contributed by atoms with Gasteiger partial charge in [-0.15, -0.1) is 5.10 Å². The number of hydrogen-bond donors (Lipinski definition) is 1. The lowest BCUT2D eigenvalue weighted by Crippen LogP contribution is -2.23. The molecule has 2 aromatic rings. The van der Waals surface area contributed by atoms with E-state index in [1.807, 2.05) is 6.92 Å². The highest BCUT2D eigenvalue weighted by Crippen LogP contribution is 2.22. The quantitative estimate of drug-likeness (QED) is 0.874. The average molecular weight is 279 g/mol. The zero-order chi connectivity index (χ0) is 14.5. The lowest BCUT2D eigenvalue weighted by Gasteiger charge is -2.13. The monoisotopic (exact) mass is 279 g/mol. The molecule has 1 atom stereocenters. The molecule has 2 rings (SSSR count). The normalized spacial score (nSPS) is 12.4. The Labute approximate surface area is 116 Å². The summed E-state index contributed by atoms with van der Waals surface area (Å²) in [5, 5.41) is 14.8. The standard InChI is InChI=1S/C13H18FN5O/c1-4-7-15-9(2)13-16-17-18-19(13)12-8-10(20-3)5-6-11(12)14/h5-6,8-9,15H,4,7H2,1-3H3. The second kappa shape index (κ2) is 6.42. The molecule has 1 heterocycles. The molecule has 0 amide bonds. The smallest absolute Gasteiger partial charge is 0.173 e. The van der Waals surface area contributed by atoms with Gasteiger partial charge in [-0.25, -0.2) is 4.39 Å². The molecule has 0 aliphatic carbocycles. The molecule has 6 nitrogen and oxygen atoms in total. The second-order valence-corrected chi connectivity index (χ2v) is 4.44. The van der Waals surface area contributed by atoms with Crippen LogP contribution in [0.2, 0.25) is 0 Å². The van der Waals surface area contributed by atoms with Crippen molar-refractivity contribution in [2.75, 3.05) is 13.7 Å². The molecular weight excluding hydrogens is 261 g/mol. The number of hydrogen-bond acceptors (Lipinski definition) is 5. The number of nitrogens with zero attached hydrogens (tertiary/aromatic N) is 4. The van der Waals surface area contributed by atoms with Gasteiger partial charge in [0.25, 0.3) is 0 Å². The molecule has 0 saturated carbocycles. The fraction of sp³-hybridized carbons (Fsp3) is 0.462. The Morgan fingerprint density at radius 2 is 2.25 bits per heavy atom. The molecule has 0 fully saturated rings. The van der Waals surface area contributed by atoms with Gasteiger partial charge in [-0.3, -0.25) is 0 Å². The van der Waals surface area contributed by atoms with E-state index in [4.69, 9.17) is 4.74 Å². The molecule has 0 aliphatic heterocycles. The Morgan fingerprint density at radius 3 is 2.95 bits per heavy atom. The summed E-state index contributed by atoms with van der Waals surface area (Å²) < 4.78 is 20.5. The molecule has 20 heavy (non-hydrogen) atoms. The van der Waals surface area contributed by atoms with Crippen LogP contribution in [0.15, 0.2) is 18.2 Å². The third-order valence-electron chi connectivity index (χ3n) is 2.96. The largest absolute Gasteiger partial charge is 0.497 e. The van der Waals surface area contributed by atoms with Gasteiger partial charge in [-0.05, 0) is 42.4 Å². The van der Waals surface area contributed by atoms with Crippen molar-refractivity contribution in [3.05, 3.63) is 29.8 Å². The maximum atomic E-state index is 14.0. The maximum Gasteiger partial charge on any atom is 0.173 e. The van der Waals surface area contributed by atoms with Crippen molar-refractivity contribution in [2.45, 2.75) is 26.3 Å². The molecule has 1 unspecified atom stereocenters. The number of aromatic nitrogens is 4. The average Bonchev–Trinajstić information content (AvgIpc) is 2.94. The van der Waals surface area contributed by atoms with E-state index in [9.17, 15) is 4.39 Å². The van der Waals surface area contributed by atoms with Crippen molar-refractivity contribution in [3.63, 3.8) is 0 Å². The fourth-order valence-corrected chi connectivity index (χ4v) is 1.87. The van der Waals surface area contributed by atoms with E-state index in [-0.39, 0.29) is 11.7 Å². The summed E-state index contributed by atoms with van der Waals surface area (Å²) in [7, 11) is 1.53. The zero-order valence-corrected chi connectivity index (χ0v) is 11.8. The lowest BCUT2D eigenvalue weighted by molar-refractivity contribution is 0.412. The second-order valence-electron chi connectivity index (χ2n) is 4.44. The van der Waals surface area contributed by atoms with Gasteiger partial charge in [0.2, 0.25) is 0 Å². The van der Waals surface area contributed by atoms with Crippen molar-refractivity contribution in [1.82, 2.24) is 25.5 Å². The predicted molar refractivity (Wildman–Crippen MR) is 72.4 cm³/mol. The SMILES string of the molecule is CCCNC(C)c1nnnn1-c1cc(OC)ccc1F. The summed E-state index contributed by atoms with van der Waals surface area (Å²) in [6.45, 7) is 4.86. The number of nitrogens with one attached hydrogen (secondary N) is 1. The van der Waals surface area contributed by atoms with E-state index in [0.29, 0.717) is 11.6 Å². The minimum Gasteiger partial charge on any atom is -0.497 e. The van der Waals surface area contributed by atoms with Crippen LogP contribution >= 0.6 is 0 Å². The number of halogens is 1. The van der Waals surface area contributed by atoms with E-state index < -0.39 is 5.82 Å². The molecule has 0 bridgehead atoms. The van der Waals surface area contributed by atoms with Crippen molar-refractivity contribution >= 4 is 0 Å². The highest BCUT2D eigenvalue weighted by atomic mass is 19.1. The first-order valence-corrected chi connectivity index (χ1v) is 6.53. The Bertz CT molecular complexity index is 572. The van der Waals surface area contributed by atoms with E-state index in [1.165, 1.54) is 17.9 Å². The van der Waals surface area contributed by atoms with Gasteiger partial charge in [0.05, 0.1) is 13.2 Å². The highest BCUT2D eigenvalue weighted by Gasteiger charge is 2.18. The van der Waals surface area contributed by atoms with Crippen LogP contribution in [-0.2, 0) is 0 Å². The van der Waals surface area contributed by atoms with Crippen LogP contribution < -0.4 is 10.1 Å². The van der Waals surface area contributed by atoms with Crippen LogP contribution in [0, 0.1) is 5.82 Å². The first kappa shape index (κ1) is 14.4. The highest BCUT2D eigenvalue weighted by molar-refractivity contribution is 5.40. The first-order chi connectivity index (χ1) is 9.67. The molecule has 108 valence electrons. The molecule has 1 aromatic heterocycles. The van der Waals surface area contributed by atoms with Gasteiger partial charge in [-0.2, -0.15) is 4.68 Å². The van der Waals surface area contributed by atoms with Crippen molar-refractivity contribution in [1.29, 1.82) is 0 Å². The Morgan fingerprint density at radius 1 is 1.45 bits per heavy atom. The Hall–Kier alpha value is -2.02. The van der Waals surface area contributed by atoms with Crippen molar-refractivity contribution in [2.24, 2.45) is 0 Å². The van der Waals surface area contributed by atoms with Gasteiger partial charge in [0.15, 0.2) is 5.82 Å². The topological polar surface area (TPSA) is 64.9 Å². The Kier molecular flexibility index (Phi) is 4.62. The summed E-state index contributed by atoms with van der Waals surface area (Å²) in [5.74, 6) is 0.713. The molecule has 7 heteroatoms. The number of methoxy groups -OCH3 is 1. The van der Waals surface area contributed by atoms with Crippen LogP contribution in [-0.4, -0.2) is 33.9 Å². The molecular formula is C13H18FN5O. The number of benzene rings is 1. The van der Waals surface area contributed by atoms with Gasteiger partial charge >= 0.3 is 0 Å². The predicted octanol–water partition coefficient (Wildman–Crippen LogP) is 1.87. The van der Waals surface area contributed by atoms with E-state index in [1.54, 1.807) is 12.1 Å². The van der Waals surface area contributed by atoms with Gasteiger partial charge < -0.3 is 10.1 Å². The molecule has 0 saturated heterocycles. The van der Waals surface area contributed by atoms with Gasteiger partial charge in [-0.1, -0.05) is 6.92 Å². The van der Waals surface area contributed by atoms with Gasteiger partial charge in [0, 0.05) is 6.07 Å². The molecule has 0 radical (unpaired) electrons. The molecule has 1 N–H and O–H groups in total. The lowest BCUT2D eigenvalue weighted by atomic mass is 10.2. The Balaban J connectivity index is 2.36. The van der Waals surface area contributed by atoms with Gasteiger partial charge in [0.1, 0.15) is 17.3 Å². The summed E-state index contributed by atoms with van der Waals surface area (Å²) >= 11 is 0. The van der Waals surface area contributed by atoms with Crippen LogP contribution in [0.1, 0.15) is 32.1 Å².